The minimum absolute atomic E-state index is 0.0315. The molecule has 230 valence electrons. The van der Waals surface area contributed by atoms with Crippen LogP contribution in [-0.4, -0.2) is 74.9 Å². The van der Waals surface area contributed by atoms with Crippen LogP contribution in [0, 0.1) is 0 Å². The van der Waals surface area contributed by atoms with Gasteiger partial charge in [-0.05, 0) is 32.1 Å². The number of allylic oxidation sites excluding steroid dienone is 2. The zero-order chi connectivity index (χ0) is 29.4. The molecule has 0 aromatic carbocycles. The summed E-state index contributed by atoms with van der Waals surface area (Å²) in [5, 5.41) is 0. The second-order valence-electron chi connectivity index (χ2n) is 11.1. The van der Waals surface area contributed by atoms with Crippen molar-refractivity contribution in [2.75, 3.05) is 47.5 Å². The van der Waals surface area contributed by atoms with Gasteiger partial charge in [-0.25, -0.2) is 4.57 Å². The fourth-order valence-electron chi connectivity index (χ4n) is 3.60. The first-order chi connectivity index (χ1) is 18.5. The van der Waals surface area contributed by atoms with Gasteiger partial charge in [-0.15, -0.1) is 0 Å². The summed E-state index contributed by atoms with van der Waals surface area (Å²) in [5.74, 6) is -0.830. The van der Waals surface area contributed by atoms with Gasteiger partial charge in [-0.2, -0.15) is 0 Å². The number of carbonyl (C=O) groups excluding carboxylic acids is 2. The highest BCUT2D eigenvalue weighted by Crippen LogP contribution is 2.43. The van der Waals surface area contributed by atoms with E-state index in [0.29, 0.717) is 17.4 Å². The van der Waals surface area contributed by atoms with Crippen LogP contribution in [0.5, 0.6) is 0 Å². The molecule has 0 saturated carbocycles. The van der Waals surface area contributed by atoms with E-state index in [1.54, 1.807) is 0 Å². The Labute approximate surface area is 237 Å². The Morgan fingerprint density at radius 3 is 2.00 bits per heavy atom. The molecule has 1 unspecified atom stereocenters. The molecule has 0 amide bonds. The Hall–Kier alpha value is -1.25. The number of nitrogens with zero attached hydrogens (tertiary/aromatic N) is 1. The maximum Gasteiger partial charge on any atom is 0.472 e. The summed E-state index contributed by atoms with van der Waals surface area (Å²) in [6.45, 7) is 4.21. The second kappa shape index (κ2) is 23.5. The van der Waals surface area contributed by atoms with E-state index in [1.165, 1.54) is 6.42 Å². The van der Waals surface area contributed by atoms with Gasteiger partial charge in [0.25, 0.3) is 0 Å². The summed E-state index contributed by atoms with van der Waals surface area (Å²) in [6.07, 6.45) is 17.4. The number of carbonyl (C=O) groups is 2. The number of quaternary nitrogens is 1. The number of rotatable bonds is 26. The molecule has 2 atom stereocenters. The van der Waals surface area contributed by atoms with E-state index < -0.39 is 26.5 Å². The molecule has 39 heavy (non-hydrogen) atoms. The third kappa shape index (κ3) is 26.7. The Kier molecular flexibility index (Phi) is 22.7. The van der Waals surface area contributed by atoms with Crippen molar-refractivity contribution in [1.82, 2.24) is 0 Å². The topological polar surface area (TPSA) is 108 Å². The predicted molar refractivity (Wildman–Crippen MR) is 155 cm³/mol. The molecule has 0 aromatic rings. The van der Waals surface area contributed by atoms with Crippen LogP contribution in [0.25, 0.3) is 0 Å². The molecular weight excluding hydrogens is 521 g/mol. The normalized spacial score (nSPS) is 14.3. The number of unbranched alkanes of at least 4 members (excludes halogenated alkanes) is 10. The van der Waals surface area contributed by atoms with Crippen molar-refractivity contribution in [1.29, 1.82) is 0 Å². The standard InChI is InChI=1S/C29H56NO8P/c1-6-8-10-12-13-14-15-16-18-20-22-29(32)38-27(25-35-28(31)21-19-17-11-9-7-2)26-37-39(33,34)36-24-23-30(3,4)5/h10,12,27H,6-9,11,13-26H2,1-5H3/p+1/b12-10+/t27-/m0/s1. The molecule has 1 N–H and O–H groups in total. The summed E-state index contributed by atoms with van der Waals surface area (Å²) >= 11 is 0. The van der Waals surface area contributed by atoms with Crippen molar-refractivity contribution in [3.8, 4) is 0 Å². The lowest BCUT2D eigenvalue weighted by Crippen LogP contribution is -2.37. The highest BCUT2D eigenvalue weighted by atomic mass is 31.2. The maximum atomic E-state index is 12.4. The summed E-state index contributed by atoms with van der Waals surface area (Å²) in [5.41, 5.74) is 0. The van der Waals surface area contributed by atoms with Crippen LogP contribution in [0.15, 0.2) is 12.2 Å². The minimum atomic E-state index is -4.34. The largest absolute Gasteiger partial charge is 0.472 e. The van der Waals surface area contributed by atoms with Gasteiger partial charge in [-0.3, -0.25) is 18.6 Å². The number of likely N-dealkylation sites (N-methyl/N-ethyl adjacent to an activating group) is 1. The molecule has 10 heteroatoms. The number of phosphoric ester groups is 1. The number of ether oxygens (including phenoxy) is 2. The number of esters is 2. The van der Waals surface area contributed by atoms with Crippen molar-refractivity contribution in [2.24, 2.45) is 0 Å². The van der Waals surface area contributed by atoms with Gasteiger partial charge >= 0.3 is 19.8 Å². The first-order valence-electron chi connectivity index (χ1n) is 14.9. The SMILES string of the molecule is CCC/C=C/CCCCCCCC(=O)O[C@@H](COC(=O)CCCCCCC)COP(=O)(O)OCC[N+](C)(C)C. The molecule has 9 nitrogen and oxygen atoms in total. The Morgan fingerprint density at radius 1 is 0.769 bits per heavy atom. The van der Waals surface area contributed by atoms with Crippen molar-refractivity contribution in [3.63, 3.8) is 0 Å². The van der Waals surface area contributed by atoms with Crippen LogP contribution in [0.2, 0.25) is 0 Å². The third-order valence-electron chi connectivity index (χ3n) is 6.03. The van der Waals surface area contributed by atoms with Crippen LogP contribution in [0.1, 0.15) is 110 Å². The number of phosphoric acid groups is 1. The quantitative estimate of drug-likeness (QED) is 0.0396. The molecule has 0 aliphatic rings. The molecule has 0 bridgehead atoms. The van der Waals surface area contributed by atoms with E-state index >= 15 is 0 Å². The van der Waals surface area contributed by atoms with E-state index in [-0.39, 0.29) is 32.0 Å². The number of hydrogen-bond donors (Lipinski definition) is 1. The van der Waals surface area contributed by atoms with Crippen molar-refractivity contribution in [2.45, 2.75) is 116 Å². The summed E-state index contributed by atoms with van der Waals surface area (Å²) in [7, 11) is 1.47. The van der Waals surface area contributed by atoms with E-state index in [4.69, 9.17) is 18.5 Å². The Morgan fingerprint density at radius 2 is 1.36 bits per heavy atom. The fourth-order valence-corrected chi connectivity index (χ4v) is 4.34. The smallest absolute Gasteiger partial charge is 0.462 e. The Bertz CT molecular complexity index is 708. The first-order valence-corrected chi connectivity index (χ1v) is 16.4. The highest BCUT2D eigenvalue weighted by molar-refractivity contribution is 7.47. The molecule has 0 aliphatic carbocycles. The lowest BCUT2D eigenvalue weighted by Gasteiger charge is -2.24. The zero-order valence-electron chi connectivity index (χ0n) is 25.4. The van der Waals surface area contributed by atoms with Gasteiger partial charge in [0.2, 0.25) is 0 Å². The molecule has 0 aromatic heterocycles. The average Bonchev–Trinajstić information content (AvgIpc) is 2.85. The summed E-state index contributed by atoms with van der Waals surface area (Å²) in [6, 6.07) is 0. The van der Waals surface area contributed by atoms with Crippen LogP contribution >= 0.6 is 7.82 Å². The molecule has 0 fully saturated rings. The van der Waals surface area contributed by atoms with E-state index in [2.05, 4.69) is 26.0 Å². The first kappa shape index (κ1) is 37.8. The van der Waals surface area contributed by atoms with E-state index in [9.17, 15) is 19.0 Å². The third-order valence-corrected chi connectivity index (χ3v) is 7.01. The monoisotopic (exact) mass is 578 g/mol. The number of hydrogen-bond acceptors (Lipinski definition) is 7. The van der Waals surface area contributed by atoms with Gasteiger partial charge in [0.05, 0.1) is 27.7 Å². The molecule has 0 saturated heterocycles. The predicted octanol–water partition coefficient (Wildman–Crippen LogP) is 6.73. The van der Waals surface area contributed by atoms with Crippen molar-refractivity contribution in [3.05, 3.63) is 12.2 Å². The Balaban J connectivity index is 4.55. The van der Waals surface area contributed by atoms with Gasteiger partial charge in [0.15, 0.2) is 6.10 Å². The highest BCUT2D eigenvalue weighted by Gasteiger charge is 2.27. The van der Waals surface area contributed by atoms with Crippen LogP contribution in [0.4, 0.5) is 0 Å². The van der Waals surface area contributed by atoms with Gasteiger partial charge in [0.1, 0.15) is 19.8 Å². The molecule has 0 aliphatic heterocycles. The molecule has 0 rings (SSSR count). The van der Waals surface area contributed by atoms with Gasteiger partial charge < -0.3 is 18.9 Å². The van der Waals surface area contributed by atoms with E-state index in [0.717, 1.165) is 70.6 Å². The lowest BCUT2D eigenvalue weighted by atomic mass is 10.1. The summed E-state index contributed by atoms with van der Waals surface area (Å²) < 4.78 is 33.7. The second-order valence-corrected chi connectivity index (χ2v) is 12.6. The molecule has 0 radical (unpaired) electrons. The zero-order valence-corrected chi connectivity index (χ0v) is 26.3. The maximum absolute atomic E-state index is 12.4. The van der Waals surface area contributed by atoms with Crippen molar-refractivity contribution < 1.29 is 42.1 Å². The molecule has 0 spiro atoms. The molecular formula is C29H57NO8P+. The van der Waals surface area contributed by atoms with Crippen LogP contribution in [-0.2, 0) is 32.7 Å². The lowest BCUT2D eigenvalue weighted by molar-refractivity contribution is -0.870. The fraction of sp³-hybridized carbons (Fsp3) is 0.862. The minimum Gasteiger partial charge on any atom is -0.462 e. The van der Waals surface area contributed by atoms with E-state index in [1.807, 2.05) is 21.1 Å². The van der Waals surface area contributed by atoms with Crippen LogP contribution in [0.3, 0.4) is 0 Å². The van der Waals surface area contributed by atoms with Crippen LogP contribution < -0.4 is 0 Å². The van der Waals surface area contributed by atoms with Gasteiger partial charge in [0, 0.05) is 12.8 Å². The van der Waals surface area contributed by atoms with Gasteiger partial charge in [-0.1, -0.05) is 77.4 Å². The average molecular weight is 579 g/mol. The summed E-state index contributed by atoms with van der Waals surface area (Å²) in [4.78, 5) is 34.6. The molecule has 0 heterocycles. The van der Waals surface area contributed by atoms with Crippen molar-refractivity contribution >= 4 is 19.8 Å².